The summed E-state index contributed by atoms with van der Waals surface area (Å²) in [5, 5.41) is 0.0386. The van der Waals surface area contributed by atoms with Gasteiger partial charge in [0, 0.05) is 25.9 Å². The van der Waals surface area contributed by atoms with Gasteiger partial charge >= 0.3 is 5.97 Å². The van der Waals surface area contributed by atoms with Crippen LogP contribution in [-0.4, -0.2) is 42.4 Å². The van der Waals surface area contributed by atoms with Crippen molar-refractivity contribution in [3.8, 4) is 5.69 Å². The van der Waals surface area contributed by atoms with E-state index in [1.165, 1.54) is 27.7 Å². The molecule has 2 heterocycles. The predicted molar refractivity (Wildman–Crippen MR) is 102 cm³/mol. The minimum Gasteiger partial charge on any atom is -0.462 e. The summed E-state index contributed by atoms with van der Waals surface area (Å²) in [6.07, 6.45) is 1.12. The highest BCUT2D eigenvalue weighted by molar-refractivity contribution is 5.93. The van der Waals surface area contributed by atoms with E-state index >= 15 is 0 Å². The molecule has 3 rings (SSSR count). The number of fused-ring (bicyclic) bond motifs is 1. The van der Waals surface area contributed by atoms with Crippen molar-refractivity contribution in [1.29, 1.82) is 0 Å². The van der Waals surface area contributed by atoms with Crippen molar-refractivity contribution in [3.05, 3.63) is 63.9 Å². The molecular weight excluding hydrogens is 387 g/mol. The van der Waals surface area contributed by atoms with Gasteiger partial charge < -0.3 is 9.64 Å². The molecule has 0 saturated carbocycles. The van der Waals surface area contributed by atoms with E-state index in [9.17, 15) is 22.8 Å². The van der Waals surface area contributed by atoms with E-state index in [2.05, 4.69) is 4.98 Å². The van der Waals surface area contributed by atoms with Crippen LogP contribution in [0.4, 0.5) is 19.0 Å². The number of anilines is 1. The van der Waals surface area contributed by atoms with Crippen LogP contribution in [0.5, 0.6) is 0 Å². The molecule has 0 N–H and O–H groups in total. The van der Waals surface area contributed by atoms with E-state index in [1.54, 1.807) is 14.0 Å². The first-order valence-electron chi connectivity index (χ1n) is 8.83. The fraction of sp³-hybridized carbons (Fsp3) is 0.250. The molecule has 0 radical (unpaired) electrons. The molecule has 0 aliphatic heterocycles. The normalized spacial score (nSPS) is 10.9. The molecule has 0 aliphatic rings. The largest absolute Gasteiger partial charge is 0.462 e. The Labute approximate surface area is 164 Å². The number of ether oxygens (including phenoxy) is 1. The Balaban J connectivity index is 2.34. The minimum absolute atomic E-state index is 0.0386. The number of aromatic nitrogens is 2. The van der Waals surface area contributed by atoms with Crippen molar-refractivity contribution in [2.45, 2.75) is 6.92 Å². The number of hydrogen-bond donors (Lipinski definition) is 0. The monoisotopic (exact) mass is 405 g/mol. The van der Waals surface area contributed by atoms with Crippen LogP contribution in [0.1, 0.15) is 17.3 Å². The maximum absolute atomic E-state index is 14.5. The number of benzene rings is 1. The standard InChI is InChI=1S/C20H18F3N3O3/c1-3-29-20(28)14-11-26(16-6-4-12(22)10-15(16)23)19-13(18(14)27)5-7-17(24-19)25(2)9-8-21/h4-7,10-11H,3,8-9H2,1-2H3. The number of halogens is 3. The molecule has 0 unspecified atom stereocenters. The molecule has 0 amide bonds. The highest BCUT2D eigenvalue weighted by atomic mass is 19.1. The maximum atomic E-state index is 14.5. The van der Waals surface area contributed by atoms with Crippen molar-refractivity contribution in [1.82, 2.24) is 9.55 Å². The molecule has 29 heavy (non-hydrogen) atoms. The number of esters is 1. The number of nitrogens with zero attached hydrogens (tertiary/aromatic N) is 3. The topological polar surface area (TPSA) is 64.4 Å². The van der Waals surface area contributed by atoms with Crippen LogP contribution in [0.3, 0.4) is 0 Å². The lowest BCUT2D eigenvalue weighted by molar-refractivity contribution is 0.0524. The lowest BCUT2D eigenvalue weighted by Gasteiger charge is -2.18. The van der Waals surface area contributed by atoms with Crippen molar-refractivity contribution < 1.29 is 22.7 Å². The molecule has 2 aromatic heterocycles. The van der Waals surface area contributed by atoms with E-state index in [0.717, 1.165) is 12.3 Å². The van der Waals surface area contributed by atoms with Crippen LogP contribution in [0.15, 0.2) is 41.3 Å². The number of carbonyl (C=O) groups is 1. The Kier molecular flexibility index (Phi) is 5.86. The number of rotatable bonds is 6. The third-order valence-corrected chi connectivity index (χ3v) is 4.31. The van der Waals surface area contributed by atoms with Crippen molar-refractivity contribution in [2.75, 3.05) is 31.8 Å². The molecule has 0 aliphatic carbocycles. The van der Waals surface area contributed by atoms with Gasteiger partial charge in [0.05, 0.1) is 17.7 Å². The second kappa shape index (κ2) is 8.34. The van der Waals surface area contributed by atoms with Gasteiger partial charge in [0.2, 0.25) is 5.43 Å². The lowest BCUT2D eigenvalue weighted by Crippen LogP contribution is -2.24. The Hall–Kier alpha value is -3.36. The molecule has 9 heteroatoms. The third-order valence-electron chi connectivity index (χ3n) is 4.31. The second-order valence-electron chi connectivity index (χ2n) is 6.21. The van der Waals surface area contributed by atoms with E-state index in [4.69, 9.17) is 4.74 Å². The van der Waals surface area contributed by atoms with Gasteiger partial charge in [0.1, 0.15) is 29.7 Å². The molecule has 152 valence electrons. The van der Waals surface area contributed by atoms with Gasteiger partial charge in [-0.15, -0.1) is 0 Å². The number of hydrogen-bond acceptors (Lipinski definition) is 5. The van der Waals surface area contributed by atoms with E-state index in [-0.39, 0.29) is 35.4 Å². The Bertz CT molecular complexity index is 1130. The van der Waals surface area contributed by atoms with Gasteiger partial charge in [-0.05, 0) is 31.2 Å². The molecule has 0 bridgehead atoms. The molecule has 0 saturated heterocycles. The first kappa shape index (κ1) is 20.4. The zero-order valence-corrected chi connectivity index (χ0v) is 15.8. The van der Waals surface area contributed by atoms with Crippen LogP contribution in [-0.2, 0) is 4.74 Å². The second-order valence-corrected chi connectivity index (χ2v) is 6.21. The summed E-state index contributed by atoms with van der Waals surface area (Å²) in [7, 11) is 1.61. The summed E-state index contributed by atoms with van der Waals surface area (Å²) in [5.41, 5.74) is -1.02. The number of pyridine rings is 2. The first-order chi connectivity index (χ1) is 13.9. The highest BCUT2D eigenvalue weighted by Crippen LogP contribution is 2.22. The first-order valence-corrected chi connectivity index (χ1v) is 8.83. The summed E-state index contributed by atoms with van der Waals surface area (Å²) in [4.78, 5) is 30.9. The van der Waals surface area contributed by atoms with Gasteiger partial charge in [-0.25, -0.2) is 22.9 Å². The average Bonchev–Trinajstić information content (AvgIpc) is 2.69. The smallest absolute Gasteiger partial charge is 0.343 e. The van der Waals surface area contributed by atoms with Crippen LogP contribution < -0.4 is 10.3 Å². The third kappa shape index (κ3) is 3.94. The van der Waals surface area contributed by atoms with Crippen LogP contribution in [0.25, 0.3) is 16.7 Å². The minimum atomic E-state index is -0.908. The van der Waals surface area contributed by atoms with Gasteiger partial charge in [0.15, 0.2) is 5.65 Å². The lowest BCUT2D eigenvalue weighted by atomic mass is 10.1. The van der Waals surface area contributed by atoms with Gasteiger partial charge in [-0.3, -0.25) is 9.36 Å². The molecule has 0 spiro atoms. The predicted octanol–water partition coefficient (Wildman–Crippen LogP) is 3.25. The summed E-state index contributed by atoms with van der Waals surface area (Å²) < 4.78 is 46.7. The van der Waals surface area contributed by atoms with E-state index in [0.29, 0.717) is 11.9 Å². The van der Waals surface area contributed by atoms with Gasteiger partial charge in [-0.2, -0.15) is 0 Å². The Morgan fingerprint density at radius 3 is 2.66 bits per heavy atom. The molecule has 1 aromatic carbocycles. The zero-order chi connectivity index (χ0) is 21.1. The Morgan fingerprint density at radius 1 is 1.24 bits per heavy atom. The van der Waals surface area contributed by atoms with Crippen molar-refractivity contribution in [3.63, 3.8) is 0 Å². The van der Waals surface area contributed by atoms with Crippen molar-refractivity contribution in [2.24, 2.45) is 0 Å². The summed E-state index contributed by atoms with van der Waals surface area (Å²) >= 11 is 0. The summed E-state index contributed by atoms with van der Waals surface area (Å²) in [6.45, 7) is 1.09. The zero-order valence-electron chi connectivity index (χ0n) is 15.8. The van der Waals surface area contributed by atoms with Crippen LogP contribution in [0, 0.1) is 11.6 Å². The fourth-order valence-electron chi connectivity index (χ4n) is 2.86. The van der Waals surface area contributed by atoms with E-state index < -0.39 is 29.7 Å². The van der Waals surface area contributed by atoms with Crippen LogP contribution >= 0.6 is 0 Å². The van der Waals surface area contributed by atoms with Crippen molar-refractivity contribution >= 4 is 22.8 Å². The highest BCUT2D eigenvalue weighted by Gasteiger charge is 2.20. The van der Waals surface area contributed by atoms with E-state index in [1.807, 2.05) is 0 Å². The maximum Gasteiger partial charge on any atom is 0.343 e. The molecule has 0 fully saturated rings. The van der Waals surface area contributed by atoms with Crippen LogP contribution in [0.2, 0.25) is 0 Å². The van der Waals surface area contributed by atoms with Gasteiger partial charge in [-0.1, -0.05) is 0 Å². The Morgan fingerprint density at radius 2 is 2.00 bits per heavy atom. The number of carbonyl (C=O) groups excluding carboxylic acids is 1. The average molecular weight is 405 g/mol. The molecule has 6 nitrogen and oxygen atoms in total. The SMILES string of the molecule is CCOC(=O)c1cn(-c2ccc(F)cc2F)c2nc(N(C)CCF)ccc2c1=O. The molecular formula is C20H18F3N3O3. The summed E-state index contributed by atoms with van der Waals surface area (Å²) in [6, 6.07) is 5.83. The quantitative estimate of drug-likeness (QED) is 0.589. The van der Waals surface area contributed by atoms with Gasteiger partial charge in [0.25, 0.3) is 0 Å². The molecule has 3 aromatic rings. The summed E-state index contributed by atoms with van der Waals surface area (Å²) in [5.74, 6) is -2.21. The number of alkyl halides is 1. The molecule has 0 atom stereocenters. The fourth-order valence-corrected chi connectivity index (χ4v) is 2.86.